The first-order chi connectivity index (χ1) is 11.8. The van der Waals surface area contributed by atoms with E-state index in [-0.39, 0.29) is 11.9 Å². The summed E-state index contributed by atoms with van der Waals surface area (Å²) in [5, 5.41) is 0.759. The molecular formula is C18H17Br3O4. The summed E-state index contributed by atoms with van der Waals surface area (Å²) in [5.74, 6) is -0.627. The second-order valence-corrected chi connectivity index (χ2v) is 7.16. The highest BCUT2D eigenvalue weighted by atomic mass is 79.9. The van der Waals surface area contributed by atoms with E-state index in [9.17, 15) is 9.59 Å². The van der Waals surface area contributed by atoms with Gasteiger partial charge in [0.25, 0.3) is 0 Å². The van der Waals surface area contributed by atoms with Crippen molar-refractivity contribution in [2.45, 2.75) is 12.3 Å². The molecule has 0 spiro atoms. The Morgan fingerprint density at radius 2 is 1.36 bits per heavy atom. The Bertz CT molecular complexity index is 760. The van der Waals surface area contributed by atoms with Gasteiger partial charge in [-0.2, -0.15) is 0 Å². The van der Waals surface area contributed by atoms with E-state index in [1.54, 1.807) is 24.3 Å². The van der Waals surface area contributed by atoms with Gasteiger partial charge in [0, 0.05) is 14.3 Å². The molecule has 2 aromatic rings. The molecule has 0 aliphatic carbocycles. The molecule has 0 heterocycles. The van der Waals surface area contributed by atoms with Crippen LogP contribution in [0.25, 0.3) is 0 Å². The first-order valence-electron chi connectivity index (χ1n) is 7.11. The van der Waals surface area contributed by atoms with Crippen LogP contribution in [0.5, 0.6) is 0 Å². The third-order valence-electron chi connectivity index (χ3n) is 3.21. The molecule has 7 heteroatoms. The van der Waals surface area contributed by atoms with E-state index in [0.29, 0.717) is 11.1 Å². The molecule has 25 heavy (non-hydrogen) atoms. The van der Waals surface area contributed by atoms with Gasteiger partial charge in [-0.15, -0.1) is 0 Å². The van der Waals surface area contributed by atoms with Crippen molar-refractivity contribution in [1.82, 2.24) is 0 Å². The predicted molar refractivity (Wildman–Crippen MR) is 108 cm³/mol. The highest BCUT2D eigenvalue weighted by molar-refractivity contribution is 9.11. The lowest BCUT2D eigenvalue weighted by molar-refractivity contribution is 0.0591. The van der Waals surface area contributed by atoms with Gasteiger partial charge in [0.1, 0.15) is 0 Å². The average molecular weight is 537 g/mol. The summed E-state index contributed by atoms with van der Waals surface area (Å²) in [6.07, 6.45) is 0. The van der Waals surface area contributed by atoms with E-state index in [1.165, 1.54) is 14.2 Å². The van der Waals surface area contributed by atoms with Crippen molar-refractivity contribution in [2.24, 2.45) is 0 Å². The van der Waals surface area contributed by atoms with Crippen LogP contribution in [0.1, 0.15) is 31.8 Å². The Labute approximate surface area is 172 Å². The molecule has 0 N–H and O–H groups in total. The molecule has 0 aliphatic heterocycles. The number of hydrogen-bond acceptors (Lipinski definition) is 4. The molecule has 4 nitrogen and oxygen atoms in total. The van der Waals surface area contributed by atoms with Gasteiger partial charge >= 0.3 is 11.9 Å². The smallest absolute Gasteiger partial charge is 0.337 e. The SMILES string of the molecule is COC(=O)c1ccc(C)c(Br)c1.COC(=O)c1ccc(CBr)c(Br)c1. The van der Waals surface area contributed by atoms with Gasteiger partial charge in [0.15, 0.2) is 0 Å². The first kappa shape index (κ1) is 21.9. The van der Waals surface area contributed by atoms with Crippen LogP contribution in [0.15, 0.2) is 45.3 Å². The highest BCUT2D eigenvalue weighted by Crippen LogP contribution is 2.21. The maximum atomic E-state index is 11.1. The quantitative estimate of drug-likeness (QED) is 0.374. The van der Waals surface area contributed by atoms with Crippen LogP contribution in [0.4, 0.5) is 0 Å². The van der Waals surface area contributed by atoms with Gasteiger partial charge in [-0.05, 0) is 42.3 Å². The lowest BCUT2D eigenvalue weighted by atomic mass is 10.1. The monoisotopic (exact) mass is 534 g/mol. The molecule has 0 atom stereocenters. The van der Waals surface area contributed by atoms with E-state index in [4.69, 9.17) is 0 Å². The Hall–Kier alpha value is -1.18. The van der Waals surface area contributed by atoms with Crippen LogP contribution in [0, 0.1) is 6.92 Å². The van der Waals surface area contributed by atoms with Crippen LogP contribution >= 0.6 is 47.8 Å². The van der Waals surface area contributed by atoms with Crippen molar-refractivity contribution in [2.75, 3.05) is 14.2 Å². The number of carbonyl (C=O) groups is 2. The molecule has 0 saturated heterocycles. The minimum atomic E-state index is -0.318. The van der Waals surface area contributed by atoms with Gasteiger partial charge in [-0.1, -0.05) is 59.9 Å². The Kier molecular flexibility index (Phi) is 9.38. The number of halogens is 3. The van der Waals surface area contributed by atoms with Gasteiger partial charge < -0.3 is 9.47 Å². The summed E-state index contributed by atoms with van der Waals surface area (Å²) < 4.78 is 11.0. The molecule has 0 unspecified atom stereocenters. The van der Waals surface area contributed by atoms with Crippen molar-refractivity contribution in [3.05, 3.63) is 67.6 Å². The standard InChI is InChI=1S/C9H8Br2O2.C9H9BrO2/c1-13-9(12)6-2-3-7(5-10)8(11)4-6;1-6-3-4-7(5-8(6)10)9(11)12-2/h2-4H,5H2,1H3;3-5H,1-2H3. The number of ether oxygens (including phenoxy) is 2. The van der Waals surface area contributed by atoms with Gasteiger partial charge in [-0.3, -0.25) is 0 Å². The Morgan fingerprint density at radius 3 is 1.76 bits per heavy atom. The van der Waals surface area contributed by atoms with Crippen LogP contribution in [0.3, 0.4) is 0 Å². The zero-order valence-corrected chi connectivity index (χ0v) is 18.7. The fourth-order valence-corrected chi connectivity index (χ4v) is 3.50. The fraction of sp³-hybridized carbons (Fsp3) is 0.222. The third kappa shape index (κ3) is 6.56. The van der Waals surface area contributed by atoms with Crippen molar-refractivity contribution in [3.8, 4) is 0 Å². The molecule has 134 valence electrons. The van der Waals surface area contributed by atoms with Crippen molar-refractivity contribution in [1.29, 1.82) is 0 Å². The molecular weight excluding hydrogens is 520 g/mol. The normalized spacial score (nSPS) is 9.68. The molecule has 0 bridgehead atoms. The predicted octanol–water partition coefficient (Wildman–Crippen LogP) is 5.67. The van der Waals surface area contributed by atoms with Crippen LogP contribution < -0.4 is 0 Å². The van der Waals surface area contributed by atoms with E-state index in [0.717, 1.165) is 25.4 Å². The number of aryl methyl sites for hydroxylation is 1. The molecule has 0 saturated carbocycles. The van der Waals surface area contributed by atoms with Crippen molar-refractivity contribution >= 4 is 59.7 Å². The second-order valence-electron chi connectivity index (χ2n) is 4.89. The van der Waals surface area contributed by atoms with Crippen LogP contribution in [-0.2, 0) is 14.8 Å². The number of alkyl halides is 1. The molecule has 0 aliphatic rings. The van der Waals surface area contributed by atoms with E-state index < -0.39 is 0 Å². The van der Waals surface area contributed by atoms with E-state index in [1.807, 2.05) is 19.1 Å². The summed E-state index contributed by atoms with van der Waals surface area (Å²) in [4.78, 5) is 22.1. The number of benzene rings is 2. The second kappa shape index (κ2) is 10.7. The minimum absolute atomic E-state index is 0.310. The maximum absolute atomic E-state index is 11.1. The van der Waals surface area contributed by atoms with Crippen LogP contribution in [-0.4, -0.2) is 26.2 Å². The van der Waals surface area contributed by atoms with E-state index in [2.05, 4.69) is 57.3 Å². The minimum Gasteiger partial charge on any atom is -0.465 e. The highest BCUT2D eigenvalue weighted by Gasteiger charge is 2.07. The van der Waals surface area contributed by atoms with Gasteiger partial charge in [0.2, 0.25) is 0 Å². The Balaban J connectivity index is 0.000000251. The average Bonchev–Trinajstić information content (AvgIpc) is 2.63. The summed E-state index contributed by atoms with van der Waals surface area (Å²) >= 11 is 10.0. The lowest BCUT2D eigenvalue weighted by Crippen LogP contribution is -2.01. The molecule has 0 aromatic heterocycles. The maximum Gasteiger partial charge on any atom is 0.337 e. The summed E-state index contributed by atoms with van der Waals surface area (Å²) in [5.41, 5.74) is 3.32. The van der Waals surface area contributed by atoms with Crippen LogP contribution in [0.2, 0.25) is 0 Å². The number of hydrogen-bond donors (Lipinski definition) is 0. The van der Waals surface area contributed by atoms with Gasteiger partial charge in [0.05, 0.1) is 25.3 Å². The molecule has 2 aromatic carbocycles. The number of esters is 2. The zero-order chi connectivity index (χ0) is 19.0. The van der Waals surface area contributed by atoms with E-state index >= 15 is 0 Å². The van der Waals surface area contributed by atoms with Gasteiger partial charge in [-0.25, -0.2) is 9.59 Å². The largest absolute Gasteiger partial charge is 0.465 e. The number of carbonyl (C=O) groups excluding carboxylic acids is 2. The molecule has 2 rings (SSSR count). The fourth-order valence-electron chi connectivity index (χ4n) is 1.74. The van der Waals surface area contributed by atoms with Crippen molar-refractivity contribution < 1.29 is 19.1 Å². The first-order valence-corrected chi connectivity index (χ1v) is 9.82. The Morgan fingerprint density at radius 1 is 0.880 bits per heavy atom. The third-order valence-corrected chi connectivity index (χ3v) is 5.41. The summed E-state index contributed by atoms with van der Waals surface area (Å²) in [6.45, 7) is 1.96. The molecule has 0 fully saturated rings. The topological polar surface area (TPSA) is 52.6 Å². The summed E-state index contributed by atoms with van der Waals surface area (Å²) in [6, 6.07) is 10.7. The molecule has 0 radical (unpaired) electrons. The number of rotatable bonds is 3. The molecule has 0 amide bonds. The number of methoxy groups -OCH3 is 2. The zero-order valence-electron chi connectivity index (χ0n) is 13.9. The van der Waals surface area contributed by atoms with Crippen molar-refractivity contribution in [3.63, 3.8) is 0 Å². The lowest BCUT2D eigenvalue weighted by Gasteiger charge is -2.03. The summed E-state index contributed by atoms with van der Waals surface area (Å²) in [7, 11) is 2.74.